The van der Waals surface area contributed by atoms with Crippen LogP contribution in [0.2, 0.25) is 0 Å². The van der Waals surface area contributed by atoms with Crippen LogP contribution in [0.3, 0.4) is 0 Å². The van der Waals surface area contributed by atoms with Crippen molar-refractivity contribution in [1.82, 2.24) is 0 Å². The molecule has 1 spiro atoms. The van der Waals surface area contributed by atoms with Crippen molar-refractivity contribution >= 4 is 0 Å². The first-order valence-corrected chi connectivity index (χ1v) is 6.98. The molecule has 0 amide bonds. The molecule has 1 aliphatic heterocycles. The first-order chi connectivity index (χ1) is 8.81. The standard InChI is InChI=1S/C16H21FO2/c1-10-7-15(2,3)9-16(10)8-13(18)12-5-4-11(17)6-14(12)19-16/h4-6,10,13,18H,7-9H2,1-3H3. The lowest BCUT2D eigenvalue weighted by molar-refractivity contribution is -0.0394. The van der Waals surface area contributed by atoms with Crippen LogP contribution < -0.4 is 4.74 Å². The lowest BCUT2D eigenvalue weighted by Gasteiger charge is -2.41. The van der Waals surface area contributed by atoms with E-state index in [1.54, 1.807) is 6.07 Å². The summed E-state index contributed by atoms with van der Waals surface area (Å²) in [5.41, 5.74) is 0.581. The van der Waals surface area contributed by atoms with Crippen LogP contribution in [-0.4, -0.2) is 10.7 Å². The molecule has 0 radical (unpaired) electrons. The second-order valence-electron chi connectivity index (χ2n) is 7.02. The highest BCUT2D eigenvalue weighted by Gasteiger charge is 2.53. The molecule has 2 aliphatic rings. The van der Waals surface area contributed by atoms with Gasteiger partial charge in [0.25, 0.3) is 0 Å². The number of hydrogen-bond acceptors (Lipinski definition) is 2. The zero-order chi connectivity index (χ0) is 13.8. The van der Waals surface area contributed by atoms with Crippen molar-refractivity contribution in [3.8, 4) is 5.75 Å². The van der Waals surface area contributed by atoms with E-state index in [9.17, 15) is 9.50 Å². The van der Waals surface area contributed by atoms with Gasteiger partial charge in [-0.3, -0.25) is 0 Å². The van der Waals surface area contributed by atoms with Gasteiger partial charge in [0.1, 0.15) is 17.2 Å². The quantitative estimate of drug-likeness (QED) is 0.771. The van der Waals surface area contributed by atoms with Crippen molar-refractivity contribution in [2.24, 2.45) is 11.3 Å². The van der Waals surface area contributed by atoms with E-state index in [1.165, 1.54) is 12.1 Å². The van der Waals surface area contributed by atoms with Crippen LogP contribution in [0.5, 0.6) is 5.75 Å². The van der Waals surface area contributed by atoms with Crippen molar-refractivity contribution in [2.75, 3.05) is 0 Å². The largest absolute Gasteiger partial charge is 0.486 e. The number of halogens is 1. The van der Waals surface area contributed by atoms with Gasteiger partial charge in [-0.05, 0) is 36.3 Å². The second kappa shape index (κ2) is 3.95. The number of aliphatic hydroxyl groups is 1. The smallest absolute Gasteiger partial charge is 0.128 e. The van der Waals surface area contributed by atoms with Gasteiger partial charge < -0.3 is 9.84 Å². The lowest BCUT2D eigenvalue weighted by atomic mass is 9.81. The van der Waals surface area contributed by atoms with Gasteiger partial charge in [-0.2, -0.15) is 0 Å². The summed E-state index contributed by atoms with van der Waals surface area (Å²) in [6.07, 6.45) is 2.04. The molecule has 1 saturated carbocycles. The van der Waals surface area contributed by atoms with E-state index >= 15 is 0 Å². The summed E-state index contributed by atoms with van der Waals surface area (Å²) >= 11 is 0. The van der Waals surface area contributed by atoms with Crippen LogP contribution in [-0.2, 0) is 0 Å². The van der Waals surface area contributed by atoms with Gasteiger partial charge >= 0.3 is 0 Å². The predicted molar refractivity (Wildman–Crippen MR) is 71.5 cm³/mol. The normalized spacial score (nSPS) is 36.1. The Hall–Kier alpha value is -1.09. The maximum atomic E-state index is 13.4. The van der Waals surface area contributed by atoms with E-state index in [0.29, 0.717) is 23.7 Å². The third-order valence-corrected chi connectivity index (χ3v) is 4.72. The number of ether oxygens (including phenoxy) is 1. The molecular formula is C16H21FO2. The van der Waals surface area contributed by atoms with Crippen molar-refractivity contribution in [2.45, 2.75) is 51.7 Å². The van der Waals surface area contributed by atoms with Gasteiger partial charge in [-0.25, -0.2) is 4.39 Å². The fraction of sp³-hybridized carbons (Fsp3) is 0.625. The molecule has 2 nitrogen and oxygen atoms in total. The molecule has 19 heavy (non-hydrogen) atoms. The van der Waals surface area contributed by atoms with Gasteiger partial charge in [0.05, 0.1) is 6.10 Å². The average Bonchev–Trinajstić information content (AvgIpc) is 2.46. The molecule has 3 atom stereocenters. The highest BCUT2D eigenvalue weighted by Crippen LogP contribution is 2.55. The molecular weight excluding hydrogens is 243 g/mol. The summed E-state index contributed by atoms with van der Waals surface area (Å²) in [5.74, 6) is 0.574. The summed E-state index contributed by atoms with van der Waals surface area (Å²) in [6.45, 7) is 6.63. The monoisotopic (exact) mass is 264 g/mol. The van der Waals surface area contributed by atoms with Crippen LogP contribution >= 0.6 is 0 Å². The molecule has 1 N–H and O–H groups in total. The highest BCUT2D eigenvalue weighted by molar-refractivity contribution is 5.39. The summed E-state index contributed by atoms with van der Waals surface area (Å²) in [6, 6.07) is 4.41. The minimum absolute atomic E-state index is 0.212. The zero-order valence-corrected chi connectivity index (χ0v) is 11.7. The molecule has 0 bridgehead atoms. The number of benzene rings is 1. The first kappa shape index (κ1) is 12.9. The Morgan fingerprint density at radius 1 is 1.32 bits per heavy atom. The average molecular weight is 264 g/mol. The third kappa shape index (κ3) is 2.04. The summed E-state index contributed by atoms with van der Waals surface area (Å²) in [4.78, 5) is 0. The van der Waals surface area contributed by atoms with E-state index in [4.69, 9.17) is 4.74 Å². The maximum Gasteiger partial charge on any atom is 0.128 e. The van der Waals surface area contributed by atoms with E-state index in [2.05, 4.69) is 20.8 Å². The molecule has 1 fully saturated rings. The van der Waals surface area contributed by atoms with Crippen molar-refractivity contribution in [1.29, 1.82) is 0 Å². The van der Waals surface area contributed by atoms with E-state index in [-0.39, 0.29) is 16.8 Å². The number of aliphatic hydroxyl groups excluding tert-OH is 1. The number of hydrogen-bond donors (Lipinski definition) is 1. The topological polar surface area (TPSA) is 29.5 Å². The molecule has 104 valence electrons. The second-order valence-corrected chi connectivity index (χ2v) is 7.02. The number of fused-ring (bicyclic) bond motifs is 1. The SMILES string of the molecule is CC1CC(C)(C)CC12CC(O)c1ccc(F)cc1O2. The van der Waals surface area contributed by atoms with Gasteiger partial charge in [0, 0.05) is 18.1 Å². The van der Waals surface area contributed by atoms with E-state index in [1.807, 2.05) is 0 Å². The summed E-state index contributed by atoms with van der Waals surface area (Å²) in [5, 5.41) is 10.4. The van der Waals surface area contributed by atoms with Crippen LogP contribution in [0.15, 0.2) is 18.2 Å². The molecule has 3 heteroatoms. The van der Waals surface area contributed by atoms with Crippen LogP contribution in [0.4, 0.5) is 4.39 Å². The lowest BCUT2D eigenvalue weighted by Crippen LogP contribution is -2.43. The zero-order valence-electron chi connectivity index (χ0n) is 11.7. The Bertz CT molecular complexity index is 511. The van der Waals surface area contributed by atoms with Crippen LogP contribution in [0.1, 0.15) is 51.7 Å². The van der Waals surface area contributed by atoms with Gasteiger partial charge in [0.15, 0.2) is 0 Å². The van der Waals surface area contributed by atoms with Gasteiger partial charge in [-0.1, -0.05) is 20.8 Å². The Morgan fingerprint density at radius 3 is 2.68 bits per heavy atom. The van der Waals surface area contributed by atoms with E-state index < -0.39 is 6.10 Å². The minimum Gasteiger partial charge on any atom is -0.486 e. The fourth-order valence-corrected chi connectivity index (χ4v) is 4.05. The Labute approximate surface area is 113 Å². The Kier molecular flexibility index (Phi) is 2.69. The van der Waals surface area contributed by atoms with Crippen molar-refractivity contribution < 1.29 is 14.2 Å². The third-order valence-electron chi connectivity index (χ3n) is 4.72. The van der Waals surface area contributed by atoms with E-state index in [0.717, 1.165) is 12.8 Å². The van der Waals surface area contributed by atoms with Crippen molar-refractivity contribution in [3.05, 3.63) is 29.6 Å². The summed E-state index contributed by atoms with van der Waals surface area (Å²) < 4.78 is 19.6. The Morgan fingerprint density at radius 2 is 2.05 bits per heavy atom. The molecule has 1 aromatic carbocycles. The maximum absolute atomic E-state index is 13.4. The molecule has 1 aromatic rings. The fourth-order valence-electron chi connectivity index (χ4n) is 4.05. The molecule has 3 rings (SSSR count). The predicted octanol–water partition coefficient (Wildman–Crippen LogP) is 3.84. The van der Waals surface area contributed by atoms with Crippen LogP contribution in [0.25, 0.3) is 0 Å². The molecule has 1 heterocycles. The molecule has 3 unspecified atom stereocenters. The summed E-state index contributed by atoms with van der Waals surface area (Å²) in [7, 11) is 0. The Balaban J connectivity index is 2.01. The minimum atomic E-state index is -0.555. The first-order valence-electron chi connectivity index (χ1n) is 6.98. The van der Waals surface area contributed by atoms with Crippen LogP contribution in [0, 0.1) is 17.2 Å². The van der Waals surface area contributed by atoms with Gasteiger partial charge in [0.2, 0.25) is 0 Å². The van der Waals surface area contributed by atoms with Crippen molar-refractivity contribution in [3.63, 3.8) is 0 Å². The molecule has 0 aromatic heterocycles. The number of rotatable bonds is 0. The van der Waals surface area contributed by atoms with Gasteiger partial charge in [-0.15, -0.1) is 0 Å². The highest BCUT2D eigenvalue weighted by atomic mass is 19.1. The molecule has 0 saturated heterocycles. The molecule has 1 aliphatic carbocycles.